The van der Waals surface area contributed by atoms with Gasteiger partial charge in [-0.25, -0.2) is 4.79 Å². The molecular formula is C16H19N3O2. The van der Waals surface area contributed by atoms with Crippen molar-refractivity contribution < 1.29 is 9.32 Å². The molecule has 1 aliphatic rings. The quantitative estimate of drug-likeness (QED) is 0.916. The summed E-state index contributed by atoms with van der Waals surface area (Å²) in [5.74, 6) is 0. The normalized spacial score (nSPS) is 18.0. The van der Waals surface area contributed by atoms with Crippen LogP contribution in [-0.4, -0.2) is 22.6 Å². The van der Waals surface area contributed by atoms with Gasteiger partial charge in [-0.05, 0) is 43.9 Å². The molecule has 21 heavy (non-hydrogen) atoms. The van der Waals surface area contributed by atoms with Gasteiger partial charge in [0.1, 0.15) is 12.0 Å². The SMILES string of the molecule is Cc1ccc(C)c(NC(=O)N2CCC[C@@H]2c2ccon2)c1. The van der Waals surface area contributed by atoms with Crippen LogP contribution in [0.5, 0.6) is 0 Å². The van der Waals surface area contributed by atoms with Crippen molar-refractivity contribution in [1.29, 1.82) is 0 Å². The van der Waals surface area contributed by atoms with E-state index in [0.717, 1.165) is 41.9 Å². The van der Waals surface area contributed by atoms with Crippen molar-refractivity contribution in [3.05, 3.63) is 47.3 Å². The molecule has 1 fully saturated rings. The zero-order chi connectivity index (χ0) is 14.8. The Morgan fingerprint density at radius 1 is 1.38 bits per heavy atom. The van der Waals surface area contributed by atoms with E-state index in [0.29, 0.717) is 0 Å². The number of carbonyl (C=O) groups is 1. The molecular weight excluding hydrogens is 266 g/mol. The maximum absolute atomic E-state index is 12.5. The number of hydrogen-bond acceptors (Lipinski definition) is 3. The highest BCUT2D eigenvalue weighted by molar-refractivity contribution is 5.90. The number of carbonyl (C=O) groups excluding carboxylic acids is 1. The summed E-state index contributed by atoms with van der Waals surface area (Å²) in [5.41, 5.74) is 3.88. The lowest BCUT2D eigenvalue weighted by atomic mass is 10.1. The topological polar surface area (TPSA) is 58.4 Å². The van der Waals surface area contributed by atoms with Crippen molar-refractivity contribution in [2.75, 3.05) is 11.9 Å². The first-order valence-electron chi connectivity index (χ1n) is 7.20. The molecule has 5 heteroatoms. The summed E-state index contributed by atoms with van der Waals surface area (Å²) in [6.07, 6.45) is 3.46. The minimum Gasteiger partial charge on any atom is -0.364 e. The number of nitrogens with one attached hydrogen (secondary N) is 1. The third kappa shape index (κ3) is 2.77. The number of nitrogens with zero attached hydrogens (tertiary/aromatic N) is 2. The molecule has 110 valence electrons. The van der Waals surface area contributed by atoms with E-state index in [4.69, 9.17) is 4.52 Å². The Kier molecular flexibility index (Phi) is 3.64. The molecule has 0 bridgehead atoms. The zero-order valence-corrected chi connectivity index (χ0v) is 12.3. The molecule has 2 aromatic rings. The molecule has 1 saturated heterocycles. The van der Waals surface area contributed by atoms with Crippen LogP contribution in [0.1, 0.15) is 35.7 Å². The molecule has 0 unspecified atom stereocenters. The summed E-state index contributed by atoms with van der Waals surface area (Å²) in [6, 6.07) is 7.81. The molecule has 0 spiro atoms. The van der Waals surface area contributed by atoms with Crippen LogP contribution < -0.4 is 5.32 Å². The monoisotopic (exact) mass is 285 g/mol. The van der Waals surface area contributed by atoms with Crippen LogP contribution in [0.4, 0.5) is 10.5 Å². The highest BCUT2D eigenvalue weighted by Crippen LogP contribution is 2.31. The second-order valence-electron chi connectivity index (χ2n) is 5.52. The molecule has 5 nitrogen and oxygen atoms in total. The summed E-state index contributed by atoms with van der Waals surface area (Å²) in [7, 11) is 0. The Bertz CT molecular complexity index is 637. The second-order valence-corrected chi connectivity index (χ2v) is 5.52. The maximum atomic E-state index is 12.5. The predicted octanol–water partition coefficient (Wildman–Crippen LogP) is 3.66. The van der Waals surface area contributed by atoms with Crippen LogP contribution in [0.25, 0.3) is 0 Å². The van der Waals surface area contributed by atoms with Crippen molar-refractivity contribution in [2.24, 2.45) is 0 Å². The highest BCUT2D eigenvalue weighted by atomic mass is 16.5. The van der Waals surface area contributed by atoms with Gasteiger partial charge in [-0.2, -0.15) is 0 Å². The number of aryl methyl sites for hydroxylation is 2. The fourth-order valence-electron chi connectivity index (χ4n) is 2.77. The summed E-state index contributed by atoms with van der Waals surface area (Å²) in [6.45, 7) is 4.76. The second kappa shape index (κ2) is 5.60. The van der Waals surface area contributed by atoms with Gasteiger partial charge in [0.2, 0.25) is 0 Å². The van der Waals surface area contributed by atoms with Gasteiger partial charge in [0.15, 0.2) is 0 Å². The Labute approximate surface area is 123 Å². The Hall–Kier alpha value is -2.30. The van der Waals surface area contributed by atoms with E-state index in [1.165, 1.54) is 0 Å². The van der Waals surface area contributed by atoms with Crippen molar-refractivity contribution in [1.82, 2.24) is 10.1 Å². The minimum absolute atomic E-state index is 0.00821. The number of rotatable bonds is 2. The number of urea groups is 1. The molecule has 0 aliphatic carbocycles. The molecule has 1 aromatic carbocycles. The van der Waals surface area contributed by atoms with Gasteiger partial charge in [0.05, 0.1) is 6.04 Å². The van der Waals surface area contributed by atoms with Gasteiger partial charge < -0.3 is 14.7 Å². The first kappa shape index (κ1) is 13.7. The number of amides is 2. The molecule has 2 amide bonds. The average Bonchev–Trinajstić information content (AvgIpc) is 3.12. The average molecular weight is 285 g/mol. The molecule has 2 heterocycles. The number of likely N-dealkylation sites (tertiary alicyclic amines) is 1. The van der Waals surface area contributed by atoms with Gasteiger partial charge >= 0.3 is 6.03 Å². The van der Waals surface area contributed by atoms with E-state index in [-0.39, 0.29) is 12.1 Å². The molecule has 0 radical (unpaired) electrons. The lowest BCUT2D eigenvalue weighted by Gasteiger charge is -2.24. The maximum Gasteiger partial charge on any atom is 0.322 e. The van der Waals surface area contributed by atoms with Crippen LogP contribution >= 0.6 is 0 Å². The largest absolute Gasteiger partial charge is 0.364 e. The Morgan fingerprint density at radius 3 is 3.00 bits per heavy atom. The summed E-state index contributed by atoms with van der Waals surface area (Å²) < 4.78 is 4.90. The van der Waals surface area contributed by atoms with Gasteiger partial charge in [-0.3, -0.25) is 0 Å². The van der Waals surface area contributed by atoms with Crippen molar-refractivity contribution in [2.45, 2.75) is 32.7 Å². The van der Waals surface area contributed by atoms with Crippen LogP contribution in [0.15, 0.2) is 35.1 Å². The molecule has 3 rings (SSSR count). The Balaban J connectivity index is 1.77. The summed E-state index contributed by atoms with van der Waals surface area (Å²) in [5, 5.41) is 6.99. The molecule has 1 aromatic heterocycles. The first-order chi connectivity index (χ1) is 10.1. The predicted molar refractivity (Wildman–Crippen MR) is 80.1 cm³/mol. The van der Waals surface area contributed by atoms with E-state index < -0.39 is 0 Å². The summed E-state index contributed by atoms with van der Waals surface area (Å²) >= 11 is 0. The van der Waals surface area contributed by atoms with Crippen LogP contribution in [0.2, 0.25) is 0 Å². The molecule has 1 atom stereocenters. The van der Waals surface area contributed by atoms with Gasteiger partial charge in [-0.1, -0.05) is 17.3 Å². The molecule has 1 N–H and O–H groups in total. The summed E-state index contributed by atoms with van der Waals surface area (Å²) in [4.78, 5) is 14.4. The van der Waals surface area contributed by atoms with E-state index >= 15 is 0 Å². The molecule has 0 saturated carbocycles. The zero-order valence-electron chi connectivity index (χ0n) is 12.3. The van der Waals surface area contributed by atoms with Gasteiger partial charge in [0.25, 0.3) is 0 Å². The van der Waals surface area contributed by atoms with Crippen molar-refractivity contribution in [3.8, 4) is 0 Å². The number of anilines is 1. The number of benzene rings is 1. The van der Waals surface area contributed by atoms with Crippen LogP contribution in [0, 0.1) is 13.8 Å². The fourth-order valence-corrected chi connectivity index (χ4v) is 2.77. The van der Waals surface area contributed by atoms with Crippen molar-refractivity contribution >= 4 is 11.7 Å². The van der Waals surface area contributed by atoms with Crippen LogP contribution in [-0.2, 0) is 0 Å². The smallest absolute Gasteiger partial charge is 0.322 e. The Morgan fingerprint density at radius 2 is 2.24 bits per heavy atom. The fraction of sp³-hybridized carbons (Fsp3) is 0.375. The number of hydrogen-bond donors (Lipinski definition) is 1. The van der Waals surface area contributed by atoms with Gasteiger partial charge in [0, 0.05) is 18.3 Å². The lowest BCUT2D eigenvalue weighted by Crippen LogP contribution is -2.34. The molecule has 1 aliphatic heterocycles. The van der Waals surface area contributed by atoms with E-state index in [1.54, 1.807) is 6.26 Å². The third-order valence-corrected chi connectivity index (χ3v) is 3.95. The van der Waals surface area contributed by atoms with Crippen molar-refractivity contribution in [3.63, 3.8) is 0 Å². The van der Waals surface area contributed by atoms with Gasteiger partial charge in [-0.15, -0.1) is 0 Å². The minimum atomic E-state index is -0.0748. The standard InChI is InChI=1S/C16H19N3O2/c1-11-5-6-12(2)14(10-11)17-16(20)19-8-3-4-15(19)13-7-9-21-18-13/h5-7,9-10,15H,3-4,8H2,1-2H3,(H,17,20)/t15-/m1/s1. The van der Waals surface area contributed by atoms with E-state index in [9.17, 15) is 4.79 Å². The first-order valence-corrected chi connectivity index (χ1v) is 7.20. The van der Waals surface area contributed by atoms with E-state index in [2.05, 4.69) is 10.5 Å². The van der Waals surface area contributed by atoms with Crippen LogP contribution in [0.3, 0.4) is 0 Å². The lowest BCUT2D eigenvalue weighted by molar-refractivity contribution is 0.204. The number of aromatic nitrogens is 1. The third-order valence-electron chi connectivity index (χ3n) is 3.95. The van der Waals surface area contributed by atoms with E-state index in [1.807, 2.05) is 43.0 Å². The highest BCUT2D eigenvalue weighted by Gasteiger charge is 2.31.